The van der Waals surface area contributed by atoms with E-state index >= 15 is 0 Å². The van der Waals surface area contributed by atoms with Crippen LogP contribution in [0.5, 0.6) is 5.75 Å². The van der Waals surface area contributed by atoms with E-state index in [4.69, 9.17) is 9.47 Å². The molecule has 1 heterocycles. The molecular formula is C22H30N2O5. The number of hydrogen-bond acceptors (Lipinski definition) is 5. The van der Waals surface area contributed by atoms with Crippen LogP contribution in [-0.4, -0.2) is 49.0 Å². The maximum Gasteiger partial charge on any atom is 0.311 e. The van der Waals surface area contributed by atoms with Gasteiger partial charge in [0, 0.05) is 24.7 Å². The highest BCUT2D eigenvalue weighted by Crippen LogP contribution is 2.35. The lowest BCUT2D eigenvalue weighted by Gasteiger charge is -2.39. The molecule has 2 fully saturated rings. The van der Waals surface area contributed by atoms with Gasteiger partial charge in [-0.2, -0.15) is 0 Å². The fourth-order valence-electron chi connectivity index (χ4n) is 4.33. The Kier molecular flexibility index (Phi) is 6.77. The summed E-state index contributed by atoms with van der Waals surface area (Å²) in [5.41, 5.74) is 0.592. The van der Waals surface area contributed by atoms with Crippen molar-refractivity contribution in [3.8, 4) is 5.75 Å². The van der Waals surface area contributed by atoms with Crippen LogP contribution in [0.3, 0.4) is 0 Å². The summed E-state index contributed by atoms with van der Waals surface area (Å²) < 4.78 is 10.3. The number of nitrogens with zero attached hydrogens (tertiary/aromatic N) is 1. The molecule has 1 aliphatic heterocycles. The van der Waals surface area contributed by atoms with E-state index in [0.29, 0.717) is 29.8 Å². The van der Waals surface area contributed by atoms with E-state index in [1.807, 2.05) is 4.90 Å². The summed E-state index contributed by atoms with van der Waals surface area (Å²) in [6.45, 7) is 4.44. The molecule has 158 valence electrons. The van der Waals surface area contributed by atoms with Gasteiger partial charge in [-0.3, -0.25) is 14.4 Å². The standard InChI is InChI=1S/C22H30N2O5/c1-14-5-4-6-19(15(14)2)24-12-16(11-21(24)26)22(27)29-13-20(25)23-17-7-9-18(28-3)10-8-17/h7-10,14-16,19H,4-6,11-13H2,1-3H3,(H,23,25)/t14-,15-,16-,19+/m1/s1. The van der Waals surface area contributed by atoms with E-state index in [-0.39, 0.29) is 25.0 Å². The maximum atomic E-state index is 12.5. The Morgan fingerprint density at radius 2 is 1.90 bits per heavy atom. The van der Waals surface area contributed by atoms with Gasteiger partial charge in [0.2, 0.25) is 5.91 Å². The van der Waals surface area contributed by atoms with Crippen molar-refractivity contribution in [3.05, 3.63) is 24.3 Å². The van der Waals surface area contributed by atoms with Crippen molar-refractivity contribution in [2.45, 2.75) is 45.6 Å². The highest BCUT2D eigenvalue weighted by Gasteiger charge is 2.42. The van der Waals surface area contributed by atoms with Crippen LogP contribution >= 0.6 is 0 Å². The second kappa shape index (κ2) is 9.29. The summed E-state index contributed by atoms with van der Waals surface area (Å²) in [6.07, 6.45) is 3.45. The van der Waals surface area contributed by atoms with Gasteiger partial charge in [-0.1, -0.05) is 26.7 Å². The molecule has 1 saturated carbocycles. The normalized spacial score (nSPS) is 26.9. The lowest BCUT2D eigenvalue weighted by Crippen LogP contribution is -2.45. The van der Waals surface area contributed by atoms with Crippen molar-refractivity contribution in [1.82, 2.24) is 4.90 Å². The van der Waals surface area contributed by atoms with Gasteiger partial charge >= 0.3 is 5.97 Å². The molecule has 4 atom stereocenters. The average molecular weight is 402 g/mol. The van der Waals surface area contributed by atoms with Crippen LogP contribution in [0.2, 0.25) is 0 Å². The first-order valence-corrected chi connectivity index (χ1v) is 10.3. The monoisotopic (exact) mass is 402 g/mol. The third-order valence-electron chi connectivity index (χ3n) is 6.28. The number of esters is 1. The lowest BCUT2D eigenvalue weighted by atomic mass is 9.77. The first kappa shape index (κ1) is 21.1. The van der Waals surface area contributed by atoms with Crippen molar-refractivity contribution in [2.24, 2.45) is 17.8 Å². The third-order valence-corrected chi connectivity index (χ3v) is 6.28. The summed E-state index contributed by atoms with van der Waals surface area (Å²) in [6, 6.07) is 7.07. The number of nitrogens with one attached hydrogen (secondary N) is 1. The van der Waals surface area contributed by atoms with Gasteiger partial charge in [0.05, 0.1) is 13.0 Å². The molecule has 1 aliphatic carbocycles. The summed E-state index contributed by atoms with van der Waals surface area (Å²) in [5.74, 6) is 0.307. The number of hydrogen-bond donors (Lipinski definition) is 1. The number of carbonyl (C=O) groups is 3. The molecule has 2 aliphatic rings. The molecule has 7 heteroatoms. The van der Waals surface area contributed by atoms with E-state index in [1.54, 1.807) is 31.4 Å². The Morgan fingerprint density at radius 3 is 2.59 bits per heavy atom. The van der Waals surface area contributed by atoms with E-state index in [1.165, 1.54) is 6.42 Å². The number of benzene rings is 1. The minimum Gasteiger partial charge on any atom is -0.497 e. The van der Waals surface area contributed by atoms with Gasteiger partial charge in [0.25, 0.3) is 5.91 Å². The topological polar surface area (TPSA) is 84.9 Å². The molecule has 3 rings (SSSR count). The van der Waals surface area contributed by atoms with Gasteiger partial charge in [-0.25, -0.2) is 0 Å². The Bertz CT molecular complexity index is 748. The summed E-state index contributed by atoms with van der Waals surface area (Å²) in [5, 5.41) is 2.67. The first-order valence-electron chi connectivity index (χ1n) is 10.3. The molecule has 1 N–H and O–H groups in total. The number of amides is 2. The smallest absolute Gasteiger partial charge is 0.311 e. The molecule has 0 aromatic heterocycles. The predicted octanol–water partition coefficient (Wildman–Crippen LogP) is 2.85. The van der Waals surface area contributed by atoms with Gasteiger partial charge in [-0.05, 0) is 42.5 Å². The lowest BCUT2D eigenvalue weighted by molar-refractivity contribution is -0.151. The molecule has 0 radical (unpaired) electrons. The van der Waals surface area contributed by atoms with Crippen molar-refractivity contribution in [3.63, 3.8) is 0 Å². The Balaban J connectivity index is 1.48. The Hall–Kier alpha value is -2.57. The van der Waals surface area contributed by atoms with Crippen LogP contribution in [0, 0.1) is 17.8 Å². The second-order valence-corrected chi connectivity index (χ2v) is 8.17. The average Bonchev–Trinajstić information content (AvgIpc) is 3.10. The van der Waals surface area contributed by atoms with Crippen LogP contribution in [-0.2, 0) is 19.1 Å². The molecule has 1 aromatic carbocycles. The predicted molar refractivity (Wildman–Crippen MR) is 108 cm³/mol. The largest absolute Gasteiger partial charge is 0.497 e. The summed E-state index contributed by atoms with van der Waals surface area (Å²) >= 11 is 0. The van der Waals surface area contributed by atoms with Gasteiger partial charge in [-0.15, -0.1) is 0 Å². The van der Waals surface area contributed by atoms with Crippen molar-refractivity contribution in [1.29, 1.82) is 0 Å². The Labute approximate surface area is 171 Å². The van der Waals surface area contributed by atoms with E-state index in [0.717, 1.165) is 12.8 Å². The van der Waals surface area contributed by atoms with Crippen LogP contribution < -0.4 is 10.1 Å². The van der Waals surface area contributed by atoms with Crippen molar-refractivity contribution in [2.75, 3.05) is 25.6 Å². The van der Waals surface area contributed by atoms with Crippen LogP contribution in [0.15, 0.2) is 24.3 Å². The highest BCUT2D eigenvalue weighted by atomic mass is 16.5. The number of carbonyl (C=O) groups excluding carboxylic acids is 3. The zero-order chi connectivity index (χ0) is 21.0. The molecule has 1 saturated heterocycles. The molecule has 7 nitrogen and oxygen atoms in total. The maximum absolute atomic E-state index is 12.5. The minimum atomic E-state index is -0.499. The first-order chi connectivity index (χ1) is 13.9. The molecule has 2 amide bonds. The second-order valence-electron chi connectivity index (χ2n) is 8.17. The number of rotatable bonds is 6. The molecule has 0 unspecified atom stereocenters. The van der Waals surface area contributed by atoms with E-state index < -0.39 is 17.8 Å². The number of likely N-dealkylation sites (tertiary alicyclic amines) is 1. The molecule has 0 bridgehead atoms. The van der Waals surface area contributed by atoms with Gasteiger partial charge in [0.15, 0.2) is 6.61 Å². The highest BCUT2D eigenvalue weighted by molar-refractivity contribution is 5.93. The Morgan fingerprint density at radius 1 is 1.17 bits per heavy atom. The third kappa shape index (κ3) is 5.08. The fourth-order valence-corrected chi connectivity index (χ4v) is 4.33. The van der Waals surface area contributed by atoms with Gasteiger partial charge in [0.1, 0.15) is 5.75 Å². The zero-order valence-corrected chi connectivity index (χ0v) is 17.3. The minimum absolute atomic E-state index is 0.0144. The van der Waals surface area contributed by atoms with Crippen LogP contribution in [0.1, 0.15) is 39.5 Å². The molecular weight excluding hydrogens is 372 g/mol. The van der Waals surface area contributed by atoms with Gasteiger partial charge < -0.3 is 19.7 Å². The van der Waals surface area contributed by atoms with E-state index in [9.17, 15) is 14.4 Å². The van der Waals surface area contributed by atoms with E-state index in [2.05, 4.69) is 19.2 Å². The number of methoxy groups -OCH3 is 1. The quantitative estimate of drug-likeness (QED) is 0.740. The zero-order valence-electron chi connectivity index (χ0n) is 17.3. The van der Waals surface area contributed by atoms with Crippen LogP contribution in [0.25, 0.3) is 0 Å². The SMILES string of the molecule is COc1ccc(NC(=O)COC(=O)[C@@H]2CC(=O)N([C@H]3CCC[C@@H](C)[C@H]3C)C2)cc1. The molecule has 1 aromatic rings. The number of anilines is 1. The van der Waals surface area contributed by atoms with Crippen LogP contribution in [0.4, 0.5) is 5.69 Å². The number of ether oxygens (including phenoxy) is 2. The summed E-state index contributed by atoms with van der Waals surface area (Å²) in [7, 11) is 1.57. The fraction of sp³-hybridized carbons (Fsp3) is 0.591. The van der Waals surface area contributed by atoms with Crippen molar-refractivity contribution < 1.29 is 23.9 Å². The molecule has 29 heavy (non-hydrogen) atoms. The van der Waals surface area contributed by atoms with Crippen molar-refractivity contribution >= 4 is 23.5 Å². The summed E-state index contributed by atoms with van der Waals surface area (Å²) in [4.78, 5) is 38.8. The molecule has 0 spiro atoms.